The van der Waals surface area contributed by atoms with Crippen molar-refractivity contribution in [1.82, 2.24) is 5.32 Å². The maximum atomic E-state index is 3.61. The minimum Gasteiger partial charge on any atom is -0.308 e. The molecule has 1 aliphatic rings. The Morgan fingerprint density at radius 1 is 1.06 bits per heavy atom. The number of nitrogens with one attached hydrogen (secondary N) is 1. The molecule has 1 saturated heterocycles. The van der Waals surface area contributed by atoms with Gasteiger partial charge in [-0.25, -0.2) is 0 Å². The Morgan fingerprint density at radius 3 is 2.62 bits per heavy atom. The van der Waals surface area contributed by atoms with Crippen molar-refractivity contribution in [3.63, 3.8) is 0 Å². The number of hydrogen-bond donors (Lipinski definition) is 1. The molecule has 1 heterocycles. The van der Waals surface area contributed by atoms with Gasteiger partial charge >= 0.3 is 0 Å². The second-order valence-electron chi connectivity index (χ2n) is 4.92. The van der Waals surface area contributed by atoms with Crippen molar-refractivity contribution in [2.24, 2.45) is 0 Å². The Morgan fingerprint density at radius 2 is 1.88 bits per heavy atom. The lowest BCUT2D eigenvalue weighted by Gasteiger charge is -2.25. The summed E-state index contributed by atoms with van der Waals surface area (Å²) >= 11 is 0. The molecule has 0 amide bonds. The van der Waals surface area contributed by atoms with Crippen molar-refractivity contribution < 1.29 is 0 Å². The van der Waals surface area contributed by atoms with Gasteiger partial charge in [0.2, 0.25) is 0 Å². The molecule has 1 atom stereocenters. The summed E-state index contributed by atoms with van der Waals surface area (Å²) in [5, 5.41) is 6.28. The Balaban J connectivity index is 2.11. The van der Waals surface area contributed by atoms with Crippen LogP contribution < -0.4 is 5.32 Å². The van der Waals surface area contributed by atoms with E-state index in [2.05, 4.69) is 54.7 Å². The van der Waals surface area contributed by atoms with Crippen LogP contribution in [-0.4, -0.2) is 6.54 Å². The Hall–Kier alpha value is -1.34. The predicted molar refractivity (Wildman–Crippen MR) is 68.5 cm³/mol. The molecule has 0 aromatic heterocycles. The first-order valence-corrected chi connectivity index (χ1v) is 6.02. The van der Waals surface area contributed by atoms with E-state index in [1.807, 2.05) is 0 Å². The van der Waals surface area contributed by atoms with E-state index in [0.717, 1.165) is 6.54 Å². The molecule has 1 heteroatoms. The first kappa shape index (κ1) is 9.86. The van der Waals surface area contributed by atoms with E-state index < -0.39 is 0 Å². The molecule has 1 fully saturated rings. The summed E-state index contributed by atoms with van der Waals surface area (Å²) in [4.78, 5) is 0. The Kier molecular flexibility index (Phi) is 2.22. The SMILES string of the molecule is CC1(c2ccc3ccccc3c2)CCCN1. The molecule has 1 unspecified atom stereocenters. The van der Waals surface area contributed by atoms with Crippen LogP contribution in [0.4, 0.5) is 0 Å². The van der Waals surface area contributed by atoms with Gasteiger partial charge < -0.3 is 5.32 Å². The fraction of sp³-hybridized carbons (Fsp3) is 0.333. The van der Waals surface area contributed by atoms with Crippen molar-refractivity contribution in [3.05, 3.63) is 48.0 Å². The van der Waals surface area contributed by atoms with E-state index in [1.54, 1.807) is 0 Å². The minimum atomic E-state index is 0.185. The second-order valence-corrected chi connectivity index (χ2v) is 4.92. The van der Waals surface area contributed by atoms with Crippen LogP contribution in [0, 0.1) is 0 Å². The quantitative estimate of drug-likeness (QED) is 0.762. The van der Waals surface area contributed by atoms with Crippen LogP contribution in [0.1, 0.15) is 25.3 Å². The first-order chi connectivity index (χ1) is 7.78. The molecule has 2 aromatic rings. The molecule has 3 rings (SSSR count). The predicted octanol–water partition coefficient (Wildman–Crippen LogP) is 3.44. The third-order valence-corrected chi connectivity index (χ3v) is 3.76. The third kappa shape index (κ3) is 1.52. The zero-order valence-corrected chi connectivity index (χ0v) is 9.66. The summed E-state index contributed by atoms with van der Waals surface area (Å²) in [7, 11) is 0. The topological polar surface area (TPSA) is 12.0 Å². The zero-order chi connectivity index (χ0) is 11.0. The summed E-state index contributed by atoms with van der Waals surface area (Å²) in [6.45, 7) is 3.45. The average Bonchev–Trinajstić information content (AvgIpc) is 2.77. The summed E-state index contributed by atoms with van der Waals surface area (Å²) in [5.41, 5.74) is 1.60. The van der Waals surface area contributed by atoms with Crippen LogP contribution in [0.25, 0.3) is 10.8 Å². The highest BCUT2D eigenvalue weighted by molar-refractivity contribution is 5.83. The number of rotatable bonds is 1. The first-order valence-electron chi connectivity index (χ1n) is 6.02. The van der Waals surface area contributed by atoms with Gasteiger partial charge in [0.25, 0.3) is 0 Å². The maximum Gasteiger partial charge on any atom is 0.0406 e. The van der Waals surface area contributed by atoms with Crippen LogP contribution in [0.2, 0.25) is 0 Å². The van der Waals surface area contributed by atoms with Gasteiger partial charge in [0.15, 0.2) is 0 Å². The van der Waals surface area contributed by atoms with Gasteiger partial charge in [0.05, 0.1) is 0 Å². The van der Waals surface area contributed by atoms with E-state index in [9.17, 15) is 0 Å². The van der Waals surface area contributed by atoms with Crippen molar-refractivity contribution in [2.45, 2.75) is 25.3 Å². The van der Waals surface area contributed by atoms with Gasteiger partial charge in [-0.3, -0.25) is 0 Å². The highest BCUT2D eigenvalue weighted by Gasteiger charge is 2.29. The molecular weight excluding hydrogens is 194 g/mol. The summed E-state index contributed by atoms with van der Waals surface area (Å²) in [5.74, 6) is 0. The zero-order valence-electron chi connectivity index (χ0n) is 9.66. The van der Waals surface area contributed by atoms with E-state index in [1.165, 1.54) is 29.2 Å². The summed E-state index contributed by atoms with van der Waals surface area (Å²) < 4.78 is 0. The van der Waals surface area contributed by atoms with Gasteiger partial charge in [0, 0.05) is 5.54 Å². The van der Waals surface area contributed by atoms with Crippen LogP contribution in [0.3, 0.4) is 0 Å². The summed E-state index contributed by atoms with van der Waals surface area (Å²) in [6.07, 6.45) is 2.52. The van der Waals surface area contributed by atoms with Gasteiger partial charge in [-0.2, -0.15) is 0 Å². The van der Waals surface area contributed by atoms with E-state index in [0.29, 0.717) is 0 Å². The van der Waals surface area contributed by atoms with Gasteiger partial charge in [-0.15, -0.1) is 0 Å². The largest absolute Gasteiger partial charge is 0.308 e. The molecule has 1 N–H and O–H groups in total. The average molecular weight is 211 g/mol. The van der Waals surface area contributed by atoms with E-state index >= 15 is 0 Å². The van der Waals surface area contributed by atoms with Gasteiger partial charge in [-0.05, 0) is 48.7 Å². The molecule has 1 aliphatic heterocycles. The highest BCUT2D eigenvalue weighted by Crippen LogP contribution is 2.31. The van der Waals surface area contributed by atoms with Gasteiger partial charge in [-0.1, -0.05) is 36.4 Å². The molecule has 0 radical (unpaired) electrons. The number of hydrogen-bond acceptors (Lipinski definition) is 1. The smallest absolute Gasteiger partial charge is 0.0406 e. The lowest BCUT2D eigenvalue weighted by molar-refractivity contribution is 0.435. The lowest BCUT2D eigenvalue weighted by Crippen LogP contribution is -2.32. The molecular formula is C15H17N. The molecule has 16 heavy (non-hydrogen) atoms. The van der Waals surface area contributed by atoms with Crippen LogP contribution >= 0.6 is 0 Å². The van der Waals surface area contributed by atoms with Gasteiger partial charge in [0.1, 0.15) is 0 Å². The normalized spacial score (nSPS) is 25.1. The fourth-order valence-electron chi connectivity index (χ4n) is 2.67. The van der Waals surface area contributed by atoms with Crippen LogP contribution in [-0.2, 0) is 5.54 Å². The Bertz CT molecular complexity index is 510. The van der Waals surface area contributed by atoms with Crippen molar-refractivity contribution in [2.75, 3.05) is 6.54 Å². The monoisotopic (exact) mass is 211 g/mol. The molecule has 0 spiro atoms. The molecule has 1 nitrogen and oxygen atoms in total. The molecule has 82 valence electrons. The standard InChI is InChI=1S/C15H17N/c1-15(9-4-10-16-15)14-8-7-12-5-2-3-6-13(12)11-14/h2-3,5-8,11,16H,4,9-10H2,1H3. The Labute approximate surface area is 96.5 Å². The van der Waals surface area contributed by atoms with Crippen LogP contribution in [0.5, 0.6) is 0 Å². The molecule has 0 aliphatic carbocycles. The van der Waals surface area contributed by atoms with Crippen molar-refractivity contribution >= 4 is 10.8 Å². The minimum absolute atomic E-state index is 0.185. The van der Waals surface area contributed by atoms with Crippen molar-refractivity contribution in [1.29, 1.82) is 0 Å². The molecule has 0 saturated carbocycles. The van der Waals surface area contributed by atoms with Crippen LogP contribution in [0.15, 0.2) is 42.5 Å². The third-order valence-electron chi connectivity index (χ3n) is 3.76. The highest BCUT2D eigenvalue weighted by atomic mass is 15.0. The van der Waals surface area contributed by atoms with E-state index in [-0.39, 0.29) is 5.54 Å². The fourth-order valence-corrected chi connectivity index (χ4v) is 2.67. The molecule has 2 aromatic carbocycles. The molecule has 0 bridgehead atoms. The lowest BCUT2D eigenvalue weighted by atomic mass is 9.89. The number of fused-ring (bicyclic) bond motifs is 1. The number of benzene rings is 2. The van der Waals surface area contributed by atoms with Crippen molar-refractivity contribution in [3.8, 4) is 0 Å². The second kappa shape index (κ2) is 3.60. The maximum absolute atomic E-state index is 3.61. The summed E-state index contributed by atoms with van der Waals surface area (Å²) in [6, 6.07) is 15.4. The van der Waals surface area contributed by atoms with E-state index in [4.69, 9.17) is 0 Å².